The molecule has 12 heteroatoms. The number of hydrogen-bond acceptors (Lipinski definition) is 8. The van der Waals surface area contributed by atoms with Gasteiger partial charge in [-0.3, -0.25) is 0 Å². The van der Waals surface area contributed by atoms with E-state index in [1.54, 1.807) is 0 Å². The monoisotopic (exact) mass is 1680 g/mol. The van der Waals surface area contributed by atoms with Gasteiger partial charge < -0.3 is 17.7 Å². The molecular formula is C115H116N8O4+4. The molecular weight excluding hydrogens is 1560 g/mol. The van der Waals surface area contributed by atoms with Crippen molar-refractivity contribution in [1.29, 1.82) is 0 Å². The molecule has 3 saturated carbocycles. The Balaban J connectivity index is 0.000000111. The Kier molecular flexibility index (Phi) is 20.0. The smallest absolute Gasteiger partial charge is 0.227 e. The van der Waals surface area contributed by atoms with Gasteiger partial charge in [0.25, 0.3) is 0 Å². The molecule has 12 heterocycles. The third-order valence-corrected chi connectivity index (χ3v) is 27.2. The van der Waals surface area contributed by atoms with E-state index < -0.39 is 25.0 Å². The van der Waals surface area contributed by atoms with E-state index in [1.807, 2.05) is 148 Å². The van der Waals surface area contributed by atoms with E-state index in [1.165, 1.54) is 40.5 Å². The lowest BCUT2D eigenvalue weighted by atomic mass is 9.83. The van der Waals surface area contributed by atoms with Crippen LogP contribution in [0.15, 0.2) is 237 Å². The number of aryl methyl sites for hydroxylation is 12. The number of furan rings is 4. The predicted octanol–water partition coefficient (Wildman–Crippen LogP) is 28.1. The summed E-state index contributed by atoms with van der Waals surface area (Å²) in [5.74, 6) is -0.491. The molecule has 127 heavy (non-hydrogen) atoms. The zero-order valence-corrected chi connectivity index (χ0v) is 75.6. The van der Waals surface area contributed by atoms with Crippen LogP contribution in [0.1, 0.15) is 187 Å². The molecule has 0 amide bonds. The van der Waals surface area contributed by atoms with Crippen molar-refractivity contribution >= 4 is 131 Å². The third kappa shape index (κ3) is 15.3. The van der Waals surface area contributed by atoms with Gasteiger partial charge in [0.1, 0.15) is 50.5 Å². The molecule has 0 N–H and O–H groups in total. The molecule has 0 saturated heterocycles. The van der Waals surface area contributed by atoms with Crippen molar-refractivity contribution in [2.75, 3.05) is 0 Å². The second-order valence-corrected chi connectivity index (χ2v) is 36.3. The van der Waals surface area contributed by atoms with E-state index in [-0.39, 0.29) is 17.8 Å². The fraction of sp³-hybridized carbons (Fsp3) is 0.304. The van der Waals surface area contributed by atoms with Gasteiger partial charge in [0, 0.05) is 146 Å². The van der Waals surface area contributed by atoms with E-state index in [2.05, 4.69) is 197 Å². The average Bonchev–Trinajstić information content (AvgIpc) is 1.55. The van der Waals surface area contributed by atoms with Crippen molar-refractivity contribution < 1.29 is 45.5 Å². The van der Waals surface area contributed by atoms with Crippen molar-refractivity contribution in [3.05, 3.63) is 286 Å². The van der Waals surface area contributed by atoms with E-state index in [0.717, 1.165) is 265 Å². The maximum absolute atomic E-state index is 9.23. The molecule has 23 rings (SSSR count). The fourth-order valence-electron chi connectivity index (χ4n) is 20.8. The maximum Gasteiger partial charge on any atom is 0.227 e. The highest BCUT2D eigenvalue weighted by Gasteiger charge is 2.32. The lowest BCUT2D eigenvalue weighted by molar-refractivity contribution is -0.660. The summed E-state index contributed by atoms with van der Waals surface area (Å²) in [4.78, 5) is 18.7. The highest BCUT2D eigenvalue weighted by atomic mass is 16.4. The molecule has 0 spiro atoms. The molecule has 3 aliphatic carbocycles. The number of fused-ring (bicyclic) bond motifs is 20. The van der Waals surface area contributed by atoms with Crippen LogP contribution in [0, 0.1) is 73.1 Å². The molecule has 12 aromatic heterocycles. The van der Waals surface area contributed by atoms with E-state index in [9.17, 15) is 1.37 Å². The average molecular weight is 1680 g/mol. The van der Waals surface area contributed by atoms with Crippen LogP contribution >= 0.6 is 0 Å². The Hall–Kier alpha value is -12.8. The van der Waals surface area contributed by atoms with Crippen LogP contribution in [-0.2, 0) is 47.3 Å². The molecule has 3 aliphatic rings. The van der Waals surface area contributed by atoms with Gasteiger partial charge in [-0.15, -0.1) is 0 Å². The Labute approximate surface area is 753 Å². The summed E-state index contributed by atoms with van der Waals surface area (Å²) >= 11 is 0. The minimum absolute atomic E-state index is 0.0662. The standard InChI is InChI=1S/C30H31N2O.2C29H29N2O.C27H27N2O/c1-19-13-14-25-28-27(20(2)23-11-7-8-12-24(23)29(28)33-30(25)31-19)26-18-22(15-16-32(26)3)17-21-9-5-4-6-10-21;1-18-12-13-24-27-26(25-17-21(14-15-31(25)3)16-20-8-4-5-9-20)19(2)22-10-6-7-11-23(22)28(27)32-29(24)30-18;1-18-13-14-24-27-26(25-17-21(15-16-31(25)3)20-9-5-4-6-10-20)19(2)22-11-7-8-12-23(22)28(27)32-29(24)30-18;1-16(2)14-19-12-13-29(5)23(15-19)24-18(4)20-8-6-7-9-21(20)26-25(24)22-11-10-17(3)28-27(22)30-26/h7-8,11-16,18,21H,4-6,9-10,17H2,1-3H3;6-7,10-15,17,20H,4-5,8-9,16H2,1-3H3;7-8,11-17,20H,4-6,9-10H2,1-3H3;6-13,15-16H,14H2,1-5H3/q4*+1/i17D2;16D2;20D;14D2. The summed E-state index contributed by atoms with van der Waals surface area (Å²) < 4.78 is 96.7. The highest BCUT2D eigenvalue weighted by molar-refractivity contribution is 6.25. The largest absolute Gasteiger partial charge is 0.437 e. The lowest BCUT2D eigenvalue weighted by Crippen LogP contribution is -2.31. The second-order valence-electron chi connectivity index (χ2n) is 36.3. The van der Waals surface area contributed by atoms with Crippen LogP contribution in [0.2, 0.25) is 0 Å². The lowest BCUT2D eigenvalue weighted by Gasteiger charge is -2.22. The number of aromatic nitrogens is 8. The Morgan fingerprint density at radius 3 is 0.898 bits per heavy atom. The summed E-state index contributed by atoms with van der Waals surface area (Å²) in [5, 5.41) is 17.2. The normalized spacial score (nSPS) is 15.7. The maximum atomic E-state index is 9.23. The zero-order valence-electron chi connectivity index (χ0n) is 82.6. The number of nitrogens with zero attached hydrogens (tertiary/aromatic N) is 8. The molecule has 0 unspecified atom stereocenters. The summed E-state index contributed by atoms with van der Waals surface area (Å²) in [5.41, 5.74) is 26.3. The number of benzene rings is 8. The molecule has 12 nitrogen and oxygen atoms in total. The predicted molar refractivity (Wildman–Crippen MR) is 521 cm³/mol. The first-order valence-corrected chi connectivity index (χ1v) is 45.7. The molecule has 636 valence electrons. The van der Waals surface area contributed by atoms with Crippen LogP contribution < -0.4 is 18.3 Å². The van der Waals surface area contributed by atoms with Gasteiger partial charge in [-0.2, -0.15) is 0 Å². The molecule has 0 bridgehead atoms. The number of hydrogen-bond donors (Lipinski definition) is 0. The van der Waals surface area contributed by atoms with Crippen LogP contribution in [0.3, 0.4) is 0 Å². The van der Waals surface area contributed by atoms with Crippen molar-refractivity contribution in [3.63, 3.8) is 0 Å². The Morgan fingerprint density at radius 2 is 0.583 bits per heavy atom. The van der Waals surface area contributed by atoms with Gasteiger partial charge >= 0.3 is 0 Å². The van der Waals surface area contributed by atoms with Crippen molar-refractivity contribution in [2.24, 2.45) is 45.9 Å². The number of pyridine rings is 8. The number of rotatable bonds is 11. The van der Waals surface area contributed by atoms with Crippen molar-refractivity contribution in [2.45, 2.75) is 184 Å². The van der Waals surface area contributed by atoms with E-state index in [4.69, 9.17) is 35.9 Å². The molecule has 0 radical (unpaired) electrons. The molecule has 8 aromatic carbocycles. The summed E-state index contributed by atoms with van der Waals surface area (Å²) in [6.07, 6.45) is 18.9. The van der Waals surface area contributed by atoms with Crippen LogP contribution in [0.25, 0.3) is 176 Å². The zero-order chi connectivity index (χ0) is 93.5. The van der Waals surface area contributed by atoms with Crippen LogP contribution in [0.5, 0.6) is 0 Å². The minimum Gasteiger partial charge on any atom is -0.437 e. The topological polar surface area (TPSA) is 120 Å². The van der Waals surface area contributed by atoms with E-state index in [0.29, 0.717) is 28.4 Å². The second kappa shape index (κ2) is 34.2. The summed E-state index contributed by atoms with van der Waals surface area (Å²) in [7, 11) is 8.19. The minimum atomic E-state index is -1.43. The molecule has 3 fully saturated rings. The Bertz CT molecular complexity index is 8120. The van der Waals surface area contributed by atoms with Gasteiger partial charge in [-0.25, -0.2) is 38.2 Å². The van der Waals surface area contributed by atoms with Gasteiger partial charge in [0.05, 0.1) is 22.3 Å². The molecule has 0 aliphatic heterocycles. The van der Waals surface area contributed by atoms with Crippen molar-refractivity contribution in [3.8, 4) is 45.0 Å². The van der Waals surface area contributed by atoms with E-state index >= 15 is 0 Å². The first-order chi connectivity index (χ1) is 64.4. The summed E-state index contributed by atoms with van der Waals surface area (Å²) in [6.45, 7) is 20.4. The van der Waals surface area contributed by atoms with Gasteiger partial charge in [0.2, 0.25) is 45.6 Å². The molecule has 0 atom stereocenters. The van der Waals surface area contributed by atoms with Gasteiger partial charge in [-0.05, 0) is 226 Å². The first-order valence-electron chi connectivity index (χ1n) is 49.2. The van der Waals surface area contributed by atoms with Gasteiger partial charge in [0.15, 0.2) is 24.8 Å². The quantitative estimate of drug-likeness (QED) is 0.117. The van der Waals surface area contributed by atoms with Gasteiger partial charge in [-0.1, -0.05) is 188 Å². The SMILES string of the molecule is [2H]C([2H])(c1cc[n+](C)c(-c2c(C)c3ccccc3c3oc4nc(C)ccc4c23)c1)C(C)C.[2H]C([2H])(c1cc[n+](C)c(-c2c(C)c3ccccc3c3oc4nc(C)ccc4c23)c1)C1CCCC1.[2H]C([2H])(c1cc[n+](C)c(-c2c(C)c3ccccc3c3oc4nc(C)ccc4c23)c1)C1CCCCC1.[2H]C1(c2cc[n+](C)c(-c3c(C)c4ccccc4c4oc5nc(C)ccc5c34)c2)CCCCC1. The van der Waals surface area contributed by atoms with Crippen LogP contribution in [0.4, 0.5) is 0 Å². The highest BCUT2D eigenvalue weighted by Crippen LogP contribution is 2.49. The third-order valence-electron chi connectivity index (χ3n) is 27.2. The van der Waals surface area contributed by atoms with Crippen LogP contribution in [-0.4, -0.2) is 19.9 Å². The fourth-order valence-corrected chi connectivity index (χ4v) is 20.8. The Morgan fingerprint density at radius 1 is 0.315 bits per heavy atom. The first kappa shape index (κ1) is 74.4. The molecule has 20 aromatic rings. The van der Waals surface area contributed by atoms with Crippen molar-refractivity contribution in [1.82, 2.24) is 19.9 Å². The summed E-state index contributed by atoms with van der Waals surface area (Å²) in [6, 6.07) is 66.4.